The number of hydrogen-bond donors (Lipinski definition) is 0. The highest BCUT2D eigenvalue weighted by atomic mass is 16.1. The zero-order valence-electron chi connectivity index (χ0n) is 5.32. The molecule has 0 amide bonds. The van der Waals surface area contributed by atoms with Gasteiger partial charge in [-0.1, -0.05) is 6.07 Å². The van der Waals surface area contributed by atoms with Gasteiger partial charge >= 0.3 is 0 Å². The van der Waals surface area contributed by atoms with Crippen LogP contribution in [0, 0.1) is 0 Å². The molecule has 0 aliphatic rings. The molecule has 1 aromatic heterocycles. The Labute approximate surface area is 59.2 Å². The summed E-state index contributed by atoms with van der Waals surface area (Å²) in [6.07, 6.45) is 7.98. The number of aromatic nitrogens is 1. The van der Waals surface area contributed by atoms with E-state index in [1.807, 2.05) is 12.1 Å². The molecule has 0 aliphatic heterocycles. The van der Waals surface area contributed by atoms with Gasteiger partial charge in [-0.15, -0.1) is 0 Å². The van der Waals surface area contributed by atoms with Gasteiger partial charge in [0.2, 0.25) is 6.29 Å². The molecule has 2 heteroatoms. The molecular formula is C8H6NO. The van der Waals surface area contributed by atoms with Gasteiger partial charge in [-0.05, 0) is 23.8 Å². The Kier molecular flexibility index (Phi) is 2.38. The molecule has 0 bridgehead atoms. The van der Waals surface area contributed by atoms with E-state index in [4.69, 9.17) is 0 Å². The van der Waals surface area contributed by atoms with Crippen LogP contribution < -0.4 is 0 Å². The summed E-state index contributed by atoms with van der Waals surface area (Å²) >= 11 is 0. The number of pyridine rings is 1. The summed E-state index contributed by atoms with van der Waals surface area (Å²) in [5.41, 5.74) is 0.908. The zero-order chi connectivity index (χ0) is 7.23. The number of rotatable bonds is 2. The van der Waals surface area contributed by atoms with Crippen molar-refractivity contribution in [2.45, 2.75) is 0 Å². The van der Waals surface area contributed by atoms with Crippen LogP contribution in [-0.4, -0.2) is 11.3 Å². The molecular weight excluding hydrogens is 126 g/mol. The predicted molar refractivity (Wildman–Crippen MR) is 39.0 cm³/mol. The van der Waals surface area contributed by atoms with Crippen molar-refractivity contribution in [2.24, 2.45) is 0 Å². The van der Waals surface area contributed by atoms with E-state index in [1.165, 1.54) is 6.08 Å². The first-order valence-corrected chi connectivity index (χ1v) is 2.88. The maximum atomic E-state index is 9.75. The van der Waals surface area contributed by atoms with Crippen LogP contribution in [0.5, 0.6) is 0 Å². The molecule has 0 N–H and O–H groups in total. The minimum absolute atomic E-state index is 0.908. The second-order valence-electron chi connectivity index (χ2n) is 1.74. The van der Waals surface area contributed by atoms with Gasteiger partial charge in [0.05, 0.1) is 0 Å². The maximum Gasteiger partial charge on any atom is 0.225 e. The van der Waals surface area contributed by atoms with Crippen LogP contribution in [0.1, 0.15) is 5.56 Å². The van der Waals surface area contributed by atoms with Crippen molar-refractivity contribution < 1.29 is 4.79 Å². The minimum atomic E-state index is 0.908. The van der Waals surface area contributed by atoms with E-state index in [0.717, 1.165) is 5.56 Å². The van der Waals surface area contributed by atoms with Crippen LogP contribution in [-0.2, 0) is 4.79 Å². The average Bonchev–Trinajstić information content (AvgIpc) is 2.03. The van der Waals surface area contributed by atoms with Crippen LogP contribution >= 0.6 is 0 Å². The van der Waals surface area contributed by atoms with Gasteiger partial charge in [0.25, 0.3) is 0 Å². The molecule has 1 heterocycles. The van der Waals surface area contributed by atoms with Crippen LogP contribution in [0.25, 0.3) is 6.08 Å². The lowest BCUT2D eigenvalue weighted by molar-refractivity contribution is 0.564. The van der Waals surface area contributed by atoms with E-state index in [0.29, 0.717) is 0 Å². The zero-order valence-corrected chi connectivity index (χ0v) is 5.32. The fraction of sp³-hybridized carbons (Fsp3) is 0. The molecule has 0 saturated carbocycles. The number of allylic oxidation sites excluding steroid dienone is 1. The van der Waals surface area contributed by atoms with Gasteiger partial charge in [0.1, 0.15) is 0 Å². The summed E-state index contributed by atoms with van der Waals surface area (Å²) < 4.78 is 0. The highest BCUT2D eigenvalue weighted by Crippen LogP contribution is 1.96. The first-order valence-electron chi connectivity index (χ1n) is 2.88. The van der Waals surface area contributed by atoms with Gasteiger partial charge in [0.15, 0.2) is 0 Å². The molecule has 0 aliphatic carbocycles. The third-order valence-corrected chi connectivity index (χ3v) is 1.03. The second-order valence-corrected chi connectivity index (χ2v) is 1.74. The van der Waals surface area contributed by atoms with E-state index in [-0.39, 0.29) is 0 Å². The summed E-state index contributed by atoms with van der Waals surface area (Å²) in [5.74, 6) is 0. The van der Waals surface area contributed by atoms with Crippen molar-refractivity contribution in [1.82, 2.24) is 4.98 Å². The third-order valence-electron chi connectivity index (χ3n) is 1.03. The quantitative estimate of drug-likeness (QED) is 0.566. The molecule has 0 aromatic carbocycles. The van der Waals surface area contributed by atoms with Crippen LogP contribution in [0.15, 0.2) is 30.6 Å². The lowest BCUT2D eigenvalue weighted by Gasteiger charge is -1.85. The van der Waals surface area contributed by atoms with Crippen molar-refractivity contribution in [3.63, 3.8) is 0 Å². The molecule has 0 unspecified atom stereocenters. The molecule has 1 radical (unpaired) electrons. The van der Waals surface area contributed by atoms with E-state index in [9.17, 15) is 4.79 Å². The predicted octanol–water partition coefficient (Wildman–Crippen LogP) is 1.20. The van der Waals surface area contributed by atoms with Gasteiger partial charge in [-0.25, -0.2) is 0 Å². The normalized spacial score (nSPS) is 10.0. The van der Waals surface area contributed by atoms with E-state index in [1.54, 1.807) is 24.8 Å². The molecule has 1 rings (SSSR count). The summed E-state index contributed by atoms with van der Waals surface area (Å²) in [7, 11) is 0. The molecule has 10 heavy (non-hydrogen) atoms. The SMILES string of the molecule is O=[C]/C=C/c1cccnc1. The fourth-order valence-electron chi connectivity index (χ4n) is 0.605. The van der Waals surface area contributed by atoms with Crippen molar-refractivity contribution in [2.75, 3.05) is 0 Å². The molecule has 0 saturated heterocycles. The number of carbonyl (C=O) groups excluding carboxylic acids is 1. The first kappa shape index (κ1) is 6.68. The van der Waals surface area contributed by atoms with Gasteiger partial charge in [0, 0.05) is 12.4 Å². The largest absolute Gasteiger partial charge is 0.286 e. The van der Waals surface area contributed by atoms with Crippen molar-refractivity contribution in [1.29, 1.82) is 0 Å². The third kappa shape index (κ3) is 1.82. The van der Waals surface area contributed by atoms with Crippen LogP contribution in [0.3, 0.4) is 0 Å². The minimum Gasteiger partial charge on any atom is -0.286 e. The monoisotopic (exact) mass is 132 g/mol. The number of hydrogen-bond acceptors (Lipinski definition) is 2. The van der Waals surface area contributed by atoms with E-state index >= 15 is 0 Å². The highest BCUT2D eigenvalue weighted by molar-refractivity contribution is 5.74. The Morgan fingerprint density at radius 1 is 1.60 bits per heavy atom. The summed E-state index contributed by atoms with van der Waals surface area (Å²) in [4.78, 5) is 13.6. The summed E-state index contributed by atoms with van der Waals surface area (Å²) in [6, 6.07) is 3.67. The Hall–Kier alpha value is -1.44. The fourth-order valence-corrected chi connectivity index (χ4v) is 0.605. The van der Waals surface area contributed by atoms with E-state index < -0.39 is 0 Å². The smallest absolute Gasteiger partial charge is 0.225 e. The number of nitrogens with zero attached hydrogens (tertiary/aromatic N) is 1. The van der Waals surface area contributed by atoms with Crippen LogP contribution in [0.4, 0.5) is 0 Å². The van der Waals surface area contributed by atoms with Crippen molar-refractivity contribution >= 4 is 12.4 Å². The van der Waals surface area contributed by atoms with Gasteiger partial charge < -0.3 is 0 Å². The molecule has 1 aromatic rings. The summed E-state index contributed by atoms with van der Waals surface area (Å²) in [5, 5.41) is 0. The average molecular weight is 132 g/mol. The lowest BCUT2D eigenvalue weighted by atomic mass is 10.3. The Balaban J connectivity index is 2.76. The first-order chi connectivity index (χ1) is 4.93. The Morgan fingerprint density at radius 3 is 3.10 bits per heavy atom. The summed E-state index contributed by atoms with van der Waals surface area (Å²) in [6.45, 7) is 0. The van der Waals surface area contributed by atoms with Crippen molar-refractivity contribution in [3.8, 4) is 0 Å². The second kappa shape index (κ2) is 3.56. The molecule has 0 atom stereocenters. The lowest BCUT2D eigenvalue weighted by Crippen LogP contribution is -1.72. The topological polar surface area (TPSA) is 30.0 Å². The van der Waals surface area contributed by atoms with Gasteiger partial charge in [-0.2, -0.15) is 0 Å². The Morgan fingerprint density at radius 2 is 2.50 bits per heavy atom. The molecule has 0 fully saturated rings. The van der Waals surface area contributed by atoms with E-state index in [2.05, 4.69) is 4.98 Å². The van der Waals surface area contributed by atoms with Gasteiger partial charge in [-0.3, -0.25) is 9.78 Å². The van der Waals surface area contributed by atoms with Crippen LogP contribution in [0.2, 0.25) is 0 Å². The Bertz CT molecular complexity index is 228. The molecule has 49 valence electrons. The molecule has 0 spiro atoms. The van der Waals surface area contributed by atoms with Crippen molar-refractivity contribution in [3.05, 3.63) is 36.2 Å². The highest BCUT2D eigenvalue weighted by Gasteiger charge is 1.80. The molecule has 2 nitrogen and oxygen atoms in total. The standard InChI is InChI=1S/C8H6NO/c10-6-2-4-8-3-1-5-9-7-8/h1-5,7H/b4-2+. The maximum absolute atomic E-state index is 9.75.